The summed E-state index contributed by atoms with van der Waals surface area (Å²) in [6.07, 6.45) is 2.97. The number of carbonyl (C=O) groups excluding carboxylic acids is 1. The van der Waals surface area contributed by atoms with Crippen molar-refractivity contribution in [1.82, 2.24) is 15.2 Å². The Morgan fingerprint density at radius 1 is 1.33 bits per heavy atom. The van der Waals surface area contributed by atoms with Gasteiger partial charge in [-0.1, -0.05) is 12.2 Å². The standard InChI is InChI=1S/C11H9N5OS/c12-10(18)7-3-4-8(13-6-7)11(17)15-9-2-1-5-14-16-9/h1-6H,(H2,12,18)(H,15,16,17). The summed E-state index contributed by atoms with van der Waals surface area (Å²) in [5, 5.41) is 9.96. The van der Waals surface area contributed by atoms with E-state index in [-0.39, 0.29) is 16.6 Å². The number of aromatic nitrogens is 3. The molecule has 18 heavy (non-hydrogen) atoms. The lowest BCUT2D eigenvalue weighted by Crippen LogP contribution is -2.16. The Hall–Kier alpha value is -2.41. The molecule has 0 aliphatic carbocycles. The predicted octanol–water partition coefficient (Wildman–Crippen LogP) is 0.758. The number of anilines is 1. The van der Waals surface area contributed by atoms with Crippen LogP contribution in [0.15, 0.2) is 36.7 Å². The lowest BCUT2D eigenvalue weighted by molar-refractivity contribution is 0.102. The van der Waals surface area contributed by atoms with Crippen LogP contribution in [0.5, 0.6) is 0 Å². The first kappa shape index (κ1) is 12.1. The number of carbonyl (C=O) groups is 1. The molecule has 0 radical (unpaired) electrons. The lowest BCUT2D eigenvalue weighted by atomic mass is 10.2. The number of nitrogens with two attached hydrogens (primary N) is 1. The fraction of sp³-hybridized carbons (Fsp3) is 0. The van der Waals surface area contributed by atoms with Gasteiger partial charge in [0.25, 0.3) is 5.91 Å². The summed E-state index contributed by atoms with van der Waals surface area (Å²) in [5.41, 5.74) is 6.30. The predicted molar refractivity (Wildman–Crippen MR) is 70.1 cm³/mol. The van der Waals surface area contributed by atoms with Crippen molar-refractivity contribution in [3.05, 3.63) is 47.9 Å². The normalized spacial score (nSPS) is 9.78. The summed E-state index contributed by atoms with van der Waals surface area (Å²) in [6.45, 7) is 0. The fourth-order valence-corrected chi connectivity index (χ4v) is 1.34. The van der Waals surface area contributed by atoms with Crippen LogP contribution in [0.4, 0.5) is 5.82 Å². The number of hydrogen-bond acceptors (Lipinski definition) is 5. The third kappa shape index (κ3) is 2.83. The molecule has 7 heteroatoms. The molecular formula is C11H9N5OS. The van der Waals surface area contributed by atoms with E-state index in [0.29, 0.717) is 11.4 Å². The summed E-state index contributed by atoms with van der Waals surface area (Å²) in [4.78, 5) is 16.0. The highest BCUT2D eigenvalue weighted by molar-refractivity contribution is 7.80. The van der Waals surface area contributed by atoms with Crippen molar-refractivity contribution < 1.29 is 4.79 Å². The Morgan fingerprint density at radius 2 is 2.17 bits per heavy atom. The first-order valence-corrected chi connectivity index (χ1v) is 5.42. The number of amides is 1. The number of pyridine rings is 1. The molecule has 2 aromatic rings. The summed E-state index contributed by atoms with van der Waals surface area (Å²) in [6, 6.07) is 6.49. The van der Waals surface area contributed by atoms with E-state index in [1.165, 1.54) is 12.4 Å². The molecule has 0 spiro atoms. The Kier molecular flexibility index (Phi) is 3.54. The second kappa shape index (κ2) is 5.28. The Balaban J connectivity index is 2.12. The highest BCUT2D eigenvalue weighted by Crippen LogP contribution is 2.04. The summed E-state index contributed by atoms with van der Waals surface area (Å²) >= 11 is 4.79. The van der Waals surface area contributed by atoms with Crippen molar-refractivity contribution in [2.75, 3.05) is 5.32 Å². The quantitative estimate of drug-likeness (QED) is 0.790. The zero-order valence-electron chi connectivity index (χ0n) is 9.20. The zero-order valence-corrected chi connectivity index (χ0v) is 10.0. The van der Waals surface area contributed by atoms with Gasteiger partial charge in [0.1, 0.15) is 10.7 Å². The minimum atomic E-state index is -0.370. The Labute approximate surface area is 108 Å². The highest BCUT2D eigenvalue weighted by atomic mass is 32.1. The zero-order chi connectivity index (χ0) is 13.0. The van der Waals surface area contributed by atoms with Gasteiger partial charge in [0.05, 0.1) is 0 Å². The van der Waals surface area contributed by atoms with E-state index >= 15 is 0 Å². The molecule has 0 saturated heterocycles. The van der Waals surface area contributed by atoms with Crippen molar-refractivity contribution in [2.45, 2.75) is 0 Å². The van der Waals surface area contributed by atoms with Crippen LogP contribution >= 0.6 is 12.2 Å². The topological polar surface area (TPSA) is 93.8 Å². The largest absolute Gasteiger partial charge is 0.389 e. The second-order valence-electron chi connectivity index (χ2n) is 3.36. The molecule has 0 atom stereocenters. The third-order valence-electron chi connectivity index (χ3n) is 2.09. The van der Waals surface area contributed by atoms with Gasteiger partial charge in [-0.3, -0.25) is 9.78 Å². The number of rotatable bonds is 3. The van der Waals surface area contributed by atoms with E-state index in [9.17, 15) is 4.79 Å². The van der Waals surface area contributed by atoms with Gasteiger partial charge in [-0.05, 0) is 24.3 Å². The molecular weight excluding hydrogens is 250 g/mol. The van der Waals surface area contributed by atoms with Crippen LogP contribution in [0.1, 0.15) is 16.1 Å². The molecule has 0 aromatic carbocycles. The molecule has 2 aromatic heterocycles. The maximum Gasteiger partial charge on any atom is 0.275 e. The summed E-state index contributed by atoms with van der Waals surface area (Å²) in [7, 11) is 0. The fourth-order valence-electron chi connectivity index (χ4n) is 1.22. The van der Waals surface area contributed by atoms with Crippen LogP contribution in [0.3, 0.4) is 0 Å². The molecule has 1 amide bonds. The molecule has 6 nitrogen and oxygen atoms in total. The van der Waals surface area contributed by atoms with E-state index in [0.717, 1.165) is 0 Å². The Morgan fingerprint density at radius 3 is 2.72 bits per heavy atom. The summed E-state index contributed by atoms with van der Waals surface area (Å²) in [5.74, 6) is -0.00675. The van der Waals surface area contributed by atoms with Crippen LogP contribution in [0.2, 0.25) is 0 Å². The molecule has 2 heterocycles. The minimum absolute atomic E-state index is 0.239. The molecule has 0 aliphatic rings. The number of nitrogens with one attached hydrogen (secondary N) is 1. The van der Waals surface area contributed by atoms with E-state index in [1.807, 2.05) is 0 Å². The van der Waals surface area contributed by atoms with Gasteiger partial charge in [0, 0.05) is 18.0 Å². The van der Waals surface area contributed by atoms with Crippen molar-refractivity contribution in [1.29, 1.82) is 0 Å². The van der Waals surface area contributed by atoms with Crippen LogP contribution in [-0.4, -0.2) is 26.1 Å². The van der Waals surface area contributed by atoms with E-state index < -0.39 is 0 Å². The summed E-state index contributed by atoms with van der Waals surface area (Å²) < 4.78 is 0. The first-order chi connectivity index (χ1) is 8.66. The molecule has 0 aliphatic heterocycles. The van der Waals surface area contributed by atoms with Crippen LogP contribution in [-0.2, 0) is 0 Å². The van der Waals surface area contributed by atoms with Crippen LogP contribution in [0.25, 0.3) is 0 Å². The number of hydrogen-bond donors (Lipinski definition) is 2. The second-order valence-corrected chi connectivity index (χ2v) is 3.80. The maximum absolute atomic E-state index is 11.8. The molecule has 90 valence electrons. The van der Waals surface area contributed by atoms with Gasteiger partial charge in [-0.2, -0.15) is 5.10 Å². The van der Waals surface area contributed by atoms with E-state index in [1.54, 1.807) is 24.3 Å². The molecule has 2 rings (SSSR count). The van der Waals surface area contributed by atoms with Crippen molar-refractivity contribution in [3.63, 3.8) is 0 Å². The van der Waals surface area contributed by atoms with Crippen LogP contribution < -0.4 is 11.1 Å². The highest BCUT2D eigenvalue weighted by Gasteiger charge is 2.08. The number of thiocarbonyl (C=S) groups is 1. The monoisotopic (exact) mass is 259 g/mol. The van der Waals surface area contributed by atoms with Gasteiger partial charge in [0.2, 0.25) is 0 Å². The average molecular weight is 259 g/mol. The van der Waals surface area contributed by atoms with Gasteiger partial charge in [-0.15, -0.1) is 5.10 Å². The van der Waals surface area contributed by atoms with Crippen molar-refractivity contribution >= 4 is 28.9 Å². The number of nitrogens with zero attached hydrogens (tertiary/aromatic N) is 3. The molecule has 0 fully saturated rings. The van der Waals surface area contributed by atoms with Gasteiger partial charge >= 0.3 is 0 Å². The molecule has 0 saturated carbocycles. The average Bonchev–Trinajstić information content (AvgIpc) is 2.40. The smallest absolute Gasteiger partial charge is 0.275 e. The maximum atomic E-state index is 11.8. The lowest BCUT2D eigenvalue weighted by Gasteiger charge is -2.03. The minimum Gasteiger partial charge on any atom is -0.389 e. The molecule has 3 N–H and O–H groups in total. The molecule has 0 unspecified atom stereocenters. The molecule has 0 bridgehead atoms. The van der Waals surface area contributed by atoms with Crippen molar-refractivity contribution in [2.24, 2.45) is 5.73 Å². The van der Waals surface area contributed by atoms with Crippen molar-refractivity contribution in [3.8, 4) is 0 Å². The first-order valence-electron chi connectivity index (χ1n) is 5.02. The van der Waals surface area contributed by atoms with E-state index in [4.69, 9.17) is 18.0 Å². The van der Waals surface area contributed by atoms with Gasteiger partial charge in [0.15, 0.2) is 5.82 Å². The van der Waals surface area contributed by atoms with Crippen LogP contribution in [0, 0.1) is 0 Å². The van der Waals surface area contributed by atoms with Gasteiger partial charge in [-0.25, -0.2) is 0 Å². The SMILES string of the molecule is NC(=S)c1ccc(C(=O)Nc2cccnn2)nc1. The van der Waals surface area contributed by atoms with Gasteiger partial charge < -0.3 is 11.1 Å². The Bertz CT molecular complexity index is 570. The van der Waals surface area contributed by atoms with E-state index in [2.05, 4.69) is 20.5 Å². The third-order valence-corrected chi connectivity index (χ3v) is 2.33.